The summed E-state index contributed by atoms with van der Waals surface area (Å²) < 4.78 is 5.78. The maximum Gasteiger partial charge on any atom is 0.251 e. The van der Waals surface area contributed by atoms with Gasteiger partial charge in [-0.1, -0.05) is 25.1 Å². The number of ether oxygens (including phenoxy) is 1. The molecule has 6 rings (SSSR count). The lowest BCUT2D eigenvalue weighted by atomic mass is 10.0. The second-order valence-electron chi connectivity index (χ2n) is 10.9. The number of hydrogen-bond donors (Lipinski definition) is 3. The molecule has 210 valence electrons. The van der Waals surface area contributed by atoms with Crippen LogP contribution >= 0.6 is 11.3 Å². The van der Waals surface area contributed by atoms with Crippen LogP contribution in [0.4, 0.5) is 0 Å². The van der Waals surface area contributed by atoms with E-state index < -0.39 is 6.04 Å². The Balaban J connectivity index is 1.05. The highest BCUT2D eigenvalue weighted by atomic mass is 32.1. The number of benzene rings is 2. The van der Waals surface area contributed by atoms with Crippen molar-refractivity contribution in [3.05, 3.63) is 88.9 Å². The first-order valence-electron chi connectivity index (χ1n) is 13.6. The van der Waals surface area contributed by atoms with Gasteiger partial charge in [0.1, 0.15) is 23.4 Å². The number of carbonyl (C=O) groups is 3. The molecule has 2 aliphatic rings. The SMILES string of the molecule is C[C@@H](NC(=O)[C@@H]1C[C@]2(C)C[C@@H]2N1C(=O)CNC(=O)c1ccc(Oc2ccccc2)cc1)c1cc(-c2ncc[nH]2)cs1. The minimum absolute atomic E-state index is 0.0136. The lowest BCUT2D eigenvalue weighted by Gasteiger charge is -2.28. The van der Waals surface area contributed by atoms with Crippen molar-refractivity contribution in [2.24, 2.45) is 5.41 Å². The van der Waals surface area contributed by atoms with E-state index >= 15 is 0 Å². The van der Waals surface area contributed by atoms with Gasteiger partial charge in [-0.2, -0.15) is 0 Å². The average Bonchev–Trinajstić information content (AvgIpc) is 3.45. The van der Waals surface area contributed by atoms with Crippen LogP contribution in [-0.4, -0.2) is 51.2 Å². The highest BCUT2D eigenvalue weighted by molar-refractivity contribution is 7.10. The van der Waals surface area contributed by atoms with Gasteiger partial charge in [-0.25, -0.2) is 4.98 Å². The van der Waals surface area contributed by atoms with Crippen molar-refractivity contribution >= 4 is 29.1 Å². The molecule has 1 saturated carbocycles. The fourth-order valence-corrected chi connectivity index (χ4v) is 6.42. The first kappa shape index (κ1) is 26.8. The normalized spacial score (nSPS) is 21.6. The molecule has 1 saturated heterocycles. The smallest absolute Gasteiger partial charge is 0.251 e. The van der Waals surface area contributed by atoms with Crippen LogP contribution in [0.1, 0.15) is 48.0 Å². The minimum atomic E-state index is -0.565. The van der Waals surface area contributed by atoms with Gasteiger partial charge in [-0.05, 0) is 67.6 Å². The summed E-state index contributed by atoms with van der Waals surface area (Å²) in [5.41, 5.74) is 1.33. The van der Waals surface area contributed by atoms with Gasteiger partial charge in [-0.3, -0.25) is 14.4 Å². The predicted octanol–water partition coefficient (Wildman–Crippen LogP) is 4.92. The molecule has 2 fully saturated rings. The quantitative estimate of drug-likeness (QED) is 0.265. The summed E-state index contributed by atoms with van der Waals surface area (Å²) in [7, 11) is 0. The third-order valence-electron chi connectivity index (χ3n) is 7.90. The molecule has 0 bridgehead atoms. The van der Waals surface area contributed by atoms with Gasteiger partial charge in [0.25, 0.3) is 5.91 Å². The number of carbonyl (C=O) groups excluding carboxylic acids is 3. The number of fused-ring (bicyclic) bond motifs is 1. The zero-order valence-electron chi connectivity index (χ0n) is 22.8. The third kappa shape index (κ3) is 5.60. The van der Waals surface area contributed by atoms with Gasteiger partial charge in [0.15, 0.2) is 0 Å². The summed E-state index contributed by atoms with van der Waals surface area (Å²) in [5.74, 6) is 1.31. The number of nitrogens with one attached hydrogen (secondary N) is 3. The van der Waals surface area contributed by atoms with Crippen molar-refractivity contribution in [3.63, 3.8) is 0 Å². The average molecular weight is 570 g/mol. The Morgan fingerprint density at radius 3 is 2.61 bits per heavy atom. The van der Waals surface area contributed by atoms with Crippen LogP contribution in [0, 0.1) is 5.41 Å². The largest absolute Gasteiger partial charge is 0.457 e. The number of hydrogen-bond acceptors (Lipinski definition) is 6. The number of piperidine rings is 1. The van der Waals surface area contributed by atoms with Gasteiger partial charge in [0.2, 0.25) is 11.8 Å². The molecule has 3 heterocycles. The fraction of sp³-hybridized carbons (Fsp3) is 0.290. The van der Waals surface area contributed by atoms with Gasteiger partial charge in [0.05, 0.1) is 12.6 Å². The number of aromatic nitrogens is 2. The summed E-state index contributed by atoms with van der Waals surface area (Å²) >= 11 is 1.56. The number of H-pyrrole nitrogens is 1. The van der Waals surface area contributed by atoms with Crippen molar-refractivity contribution in [2.75, 3.05) is 6.54 Å². The number of nitrogens with zero attached hydrogens (tertiary/aromatic N) is 2. The number of para-hydroxylation sites is 1. The van der Waals surface area contributed by atoms with Crippen LogP contribution in [0.3, 0.4) is 0 Å². The molecule has 1 aliphatic carbocycles. The Morgan fingerprint density at radius 1 is 1.12 bits per heavy atom. The molecule has 3 N–H and O–H groups in total. The van der Waals surface area contributed by atoms with E-state index in [4.69, 9.17) is 4.74 Å². The zero-order valence-corrected chi connectivity index (χ0v) is 23.6. The lowest BCUT2D eigenvalue weighted by molar-refractivity contribution is -0.139. The van der Waals surface area contributed by atoms with Crippen molar-refractivity contribution in [1.82, 2.24) is 25.5 Å². The zero-order chi connectivity index (χ0) is 28.6. The van der Waals surface area contributed by atoms with E-state index in [0.29, 0.717) is 23.5 Å². The van der Waals surface area contributed by atoms with Crippen LogP contribution < -0.4 is 15.4 Å². The van der Waals surface area contributed by atoms with Crippen LogP contribution in [-0.2, 0) is 9.59 Å². The van der Waals surface area contributed by atoms with Crippen LogP contribution in [0.15, 0.2) is 78.4 Å². The number of imidazole rings is 1. The van der Waals surface area contributed by atoms with Crippen molar-refractivity contribution in [1.29, 1.82) is 0 Å². The molecule has 41 heavy (non-hydrogen) atoms. The number of aromatic amines is 1. The van der Waals surface area contributed by atoms with Crippen molar-refractivity contribution in [2.45, 2.75) is 44.8 Å². The molecule has 1 aliphatic heterocycles. The fourth-order valence-electron chi connectivity index (χ4n) is 5.52. The Labute approximate surface area is 241 Å². The Morgan fingerprint density at radius 2 is 1.88 bits per heavy atom. The standard InChI is InChI=1S/C31H31N5O4S/c1-19(25-14-21(18-41-25)28-32-12-13-33-28)35-30(39)24-15-31(2)16-26(31)36(24)27(37)17-34-29(38)20-8-10-23(11-9-20)40-22-6-4-3-5-7-22/h3-14,18-19,24,26H,15-17H2,1-2H3,(H,32,33)(H,34,38)(H,35,39)/t19-,24+,26+,31-/m1/s1. The molecule has 4 atom stereocenters. The van der Waals surface area contributed by atoms with E-state index in [1.807, 2.05) is 48.7 Å². The van der Waals surface area contributed by atoms with E-state index in [1.165, 1.54) is 0 Å². The molecule has 0 spiro atoms. The number of rotatable bonds is 9. The Hall–Kier alpha value is -4.44. The Bertz CT molecular complexity index is 1550. The summed E-state index contributed by atoms with van der Waals surface area (Å²) in [6.07, 6.45) is 4.96. The van der Waals surface area contributed by atoms with Gasteiger partial charge in [0, 0.05) is 39.8 Å². The van der Waals surface area contributed by atoms with Crippen molar-refractivity contribution in [3.8, 4) is 22.9 Å². The third-order valence-corrected chi connectivity index (χ3v) is 9.01. The van der Waals surface area contributed by atoms with Gasteiger partial charge in [-0.15, -0.1) is 11.3 Å². The summed E-state index contributed by atoms with van der Waals surface area (Å²) in [6, 6.07) is 17.4. The van der Waals surface area contributed by atoms with Gasteiger partial charge < -0.3 is 25.3 Å². The molecule has 2 aromatic carbocycles. The predicted molar refractivity (Wildman–Crippen MR) is 156 cm³/mol. The molecule has 0 radical (unpaired) electrons. The topological polar surface area (TPSA) is 116 Å². The summed E-state index contributed by atoms with van der Waals surface area (Å²) in [4.78, 5) is 49.6. The highest BCUT2D eigenvalue weighted by Gasteiger charge is 2.64. The molecule has 3 amide bonds. The van der Waals surface area contributed by atoms with Crippen LogP contribution in [0.25, 0.3) is 11.4 Å². The molecule has 10 heteroatoms. The molecular weight excluding hydrogens is 538 g/mol. The lowest BCUT2D eigenvalue weighted by Crippen LogP contribution is -2.51. The minimum Gasteiger partial charge on any atom is -0.457 e. The second kappa shape index (κ2) is 10.9. The van der Waals surface area contributed by atoms with E-state index in [0.717, 1.165) is 22.7 Å². The molecule has 2 aromatic heterocycles. The first-order chi connectivity index (χ1) is 19.8. The van der Waals surface area contributed by atoms with Gasteiger partial charge >= 0.3 is 0 Å². The molecule has 9 nitrogen and oxygen atoms in total. The molecular formula is C31H31N5O4S. The second-order valence-corrected chi connectivity index (χ2v) is 11.9. The molecule has 0 unspecified atom stereocenters. The highest BCUT2D eigenvalue weighted by Crippen LogP contribution is 2.59. The summed E-state index contributed by atoms with van der Waals surface area (Å²) in [6.45, 7) is 3.88. The number of thiophene rings is 1. The maximum absolute atomic E-state index is 13.4. The van der Waals surface area contributed by atoms with E-state index in [-0.39, 0.29) is 41.8 Å². The van der Waals surface area contributed by atoms with Crippen LogP contribution in [0.5, 0.6) is 11.5 Å². The monoisotopic (exact) mass is 569 g/mol. The first-order valence-corrected chi connectivity index (χ1v) is 14.5. The van der Waals surface area contributed by atoms with E-state index in [2.05, 4.69) is 27.5 Å². The summed E-state index contributed by atoms with van der Waals surface area (Å²) in [5, 5.41) is 7.83. The number of amides is 3. The molecule has 4 aromatic rings. The number of likely N-dealkylation sites (tertiary alicyclic amines) is 1. The Kier molecular flexibility index (Phi) is 7.08. The van der Waals surface area contributed by atoms with Crippen LogP contribution in [0.2, 0.25) is 0 Å². The van der Waals surface area contributed by atoms with E-state index in [9.17, 15) is 14.4 Å². The van der Waals surface area contributed by atoms with Crippen molar-refractivity contribution < 1.29 is 19.1 Å². The maximum atomic E-state index is 13.4. The van der Waals surface area contributed by atoms with E-state index in [1.54, 1.807) is 52.9 Å².